The van der Waals surface area contributed by atoms with Crippen LogP contribution in [-0.2, 0) is 4.74 Å². The van der Waals surface area contributed by atoms with Crippen molar-refractivity contribution in [1.82, 2.24) is 5.32 Å². The Bertz CT molecular complexity index is 203. The zero-order valence-electron chi connectivity index (χ0n) is 5.63. The van der Waals surface area contributed by atoms with Crippen molar-refractivity contribution in [2.24, 2.45) is 0 Å². The molecule has 52 valence electrons. The van der Waals surface area contributed by atoms with Crippen molar-refractivity contribution >= 4 is 0 Å². The number of rotatable bonds is 0. The van der Waals surface area contributed by atoms with E-state index in [0.717, 1.165) is 24.6 Å². The van der Waals surface area contributed by atoms with Crippen LogP contribution in [0.3, 0.4) is 0 Å². The van der Waals surface area contributed by atoms with E-state index in [9.17, 15) is 0 Å². The van der Waals surface area contributed by atoms with Gasteiger partial charge in [-0.15, -0.1) is 0 Å². The fourth-order valence-electron chi connectivity index (χ4n) is 1.08. The molecule has 0 saturated carbocycles. The summed E-state index contributed by atoms with van der Waals surface area (Å²) in [6, 6.07) is 0. The first-order valence-electron chi connectivity index (χ1n) is 3.42. The summed E-state index contributed by atoms with van der Waals surface area (Å²) in [5.41, 5.74) is 1.15. The Labute approximate surface area is 59.9 Å². The predicted octanol–water partition coefficient (Wildman–Crippen LogP) is 0.944. The Hall–Kier alpha value is -1.18. The van der Waals surface area contributed by atoms with Gasteiger partial charge in [0, 0.05) is 5.57 Å². The number of allylic oxidation sites excluding steroid dienone is 5. The highest BCUT2D eigenvalue weighted by Gasteiger charge is 2.09. The summed E-state index contributed by atoms with van der Waals surface area (Å²) in [5.74, 6) is 0.921. The molecule has 2 nitrogen and oxygen atoms in total. The average molecular weight is 135 g/mol. The Morgan fingerprint density at radius 1 is 1.30 bits per heavy atom. The first kappa shape index (κ1) is 5.59. The van der Waals surface area contributed by atoms with Gasteiger partial charge in [-0.05, 0) is 12.2 Å². The second kappa shape index (κ2) is 2.21. The standard InChI is InChI=1S/C8H9NO/c1-2-4-7(3-1)8-9-5-6-10-8/h1-4,9H,5-6H2. The van der Waals surface area contributed by atoms with Gasteiger partial charge >= 0.3 is 0 Å². The van der Waals surface area contributed by atoms with E-state index in [0.29, 0.717) is 0 Å². The summed E-state index contributed by atoms with van der Waals surface area (Å²) in [7, 11) is 0. The summed E-state index contributed by atoms with van der Waals surface area (Å²) < 4.78 is 5.30. The van der Waals surface area contributed by atoms with Crippen LogP contribution in [0.2, 0.25) is 0 Å². The van der Waals surface area contributed by atoms with E-state index in [1.165, 1.54) is 0 Å². The van der Waals surface area contributed by atoms with Crippen molar-refractivity contribution in [3.8, 4) is 0 Å². The first-order chi connectivity index (χ1) is 4.97. The van der Waals surface area contributed by atoms with Crippen molar-refractivity contribution in [3.05, 3.63) is 35.8 Å². The van der Waals surface area contributed by atoms with Gasteiger partial charge in [-0.25, -0.2) is 0 Å². The fourth-order valence-corrected chi connectivity index (χ4v) is 1.08. The van der Waals surface area contributed by atoms with E-state index in [2.05, 4.69) is 5.32 Å². The molecule has 0 amide bonds. The summed E-state index contributed by atoms with van der Waals surface area (Å²) in [6.45, 7) is 1.72. The van der Waals surface area contributed by atoms with Crippen LogP contribution in [0.1, 0.15) is 0 Å². The van der Waals surface area contributed by atoms with E-state index in [-0.39, 0.29) is 0 Å². The highest BCUT2D eigenvalue weighted by atomic mass is 16.5. The Morgan fingerprint density at radius 2 is 2.10 bits per heavy atom. The largest absolute Gasteiger partial charge is 0.477 e. The van der Waals surface area contributed by atoms with Gasteiger partial charge < -0.3 is 10.1 Å². The lowest BCUT2D eigenvalue weighted by Gasteiger charge is -1.98. The molecule has 0 aromatic heterocycles. The molecule has 0 radical (unpaired) electrons. The maximum Gasteiger partial charge on any atom is 0.194 e. The Morgan fingerprint density at radius 3 is 2.70 bits per heavy atom. The summed E-state index contributed by atoms with van der Waals surface area (Å²) in [5, 5.41) is 3.15. The lowest BCUT2D eigenvalue weighted by atomic mass is 10.3. The van der Waals surface area contributed by atoms with Crippen LogP contribution < -0.4 is 5.32 Å². The molecule has 0 aromatic rings. The van der Waals surface area contributed by atoms with E-state index in [4.69, 9.17) is 4.74 Å². The lowest BCUT2D eigenvalue weighted by Crippen LogP contribution is -2.05. The molecule has 0 unspecified atom stereocenters. The minimum atomic E-state index is 0.792. The molecule has 1 N–H and O–H groups in total. The second-order valence-electron chi connectivity index (χ2n) is 2.28. The molecular weight excluding hydrogens is 126 g/mol. The molecule has 0 bridgehead atoms. The smallest absolute Gasteiger partial charge is 0.194 e. The molecule has 0 spiro atoms. The fraction of sp³-hybridized carbons (Fsp3) is 0.250. The number of hydrogen-bond donors (Lipinski definition) is 1. The first-order valence-corrected chi connectivity index (χ1v) is 3.42. The highest BCUT2D eigenvalue weighted by Crippen LogP contribution is 2.14. The zero-order valence-corrected chi connectivity index (χ0v) is 5.63. The van der Waals surface area contributed by atoms with Crippen LogP contribution in [0.4, 0.5) is 0 Å². The van der Waals surface area contributed by atoms with Crippen LogP contribution in [-0.4, -0.2) is 13.2 Å². The van der Waals surface area contributed by atoms with Crippen LogP contribution in [0, 0.1) is 0 Å². The SMILES string of the molecule is C1=CC(=C2NCCO2)C=C1. The molecule has 1 fully saturated rings. The van der Waals surface area contributed by atoms with Crippen molar-refractivity contribution < 1.29 is 4.74 Å². The maximum absolute atomic E-state index is 5.30. The zero-order chi connectivity index (χ0) is 6.81. The minimum absolute atomic E-state index is 0.792. The van der Waals surface area contributed by atoms with Crippen molar-refractivity contribution in [2.75, 3.05) is 13.2 Å². The molecule has 1 aliphatic carbocycles. The van der Waals surface area contributed by atoms with Gasteiger partial charge in [0.05, 0.1) is 6.54 Å². The molecule has 10 heavy (non-hydrogen) atoms. The average Bonchev–Trinajstić information content (AvgIpc) is 2.59. The summed E-state index contributed by atoms with van der Waals surface area (Å²) in [4.78, 5) is 0. The third kappa shape index (κ3) is 0.817. The van der Waals surface area contributed by atoms with E-state index < -0.39 is 0 Å². The van der Waals surface area contributed by atoms with Gasteiger partial charge in [-0.3, -0.25) is 0 Å². The normalized spacial score (nSPS) is 21.6. The van der Waals surface area contributed by atoms with Gasteiger partial charge in [-0.2, -0.15) is 0 Å². The highest BCUT2D eigenvalue weighted by molar-refractivity contribution is 5.41. The maximum atomic E-state index is 5.30. The summed E-state index contributed by atoms with van der Waals surface area (Å²) >= 11 is 0. The second-order valence-corrected chi connectivity index (χ2v) is 2.28. The molecule has 0 aromatic carbocycles. The third-order valence-electron chi connectivity index (χ3n) is 1.56. The molecule has 2 rings (SSSR count). The number of ether oxygens (including phenoxy) is 1. The molecule has 1 saturated heterocycles. The van der Waals surface area contributed by atoms with Crippen LogP contribution in [0.15, 0.2) is 35.8 Å². The molecule has 2 aliphatic rings. The minimum Gasteiger partial charge on any atom is -0.477 e. The van der Waals surface area contributed by atoms with E-state index in [1.807, 2.05) is 24.3 Å². The molecule has 1 aliphatic heterocycles. The van der Waals surface area contributed by atoms with E-state index >= 15 is 0 Å². The molecular formula is C8H9NO. The van der Waals surface area contributed by atoms with Crippen LogP contribution in [0.25, 0.3) is 0 Å². The molecule has 0 atom stereocenters. The van der Waals surface area contributed by atoms with E-state index in [1.54, 1.807) is 0 Å². The third-order valence-corrected chi connectivity index (χ3v) is 1.56. The topological polar surface area (TPSA) is 21.3 Å². The van der Waals surface area contributed by atoms with Crippen molar-refractivity contribution in [3.63, 3.8) is 0 Å². The Kier molecular flexibility index (Phi) is 1.24. The van der Waals surface area contributed by atoms with Crippen molar-refractivity contribution in [1.29, 1.82) is 0 Å². The van der Waals surface area contributed by atoms with Gasteiger partial charge in [-0.1, -0.05) is 12.2 Å². The van der Waals surface area contributed by atoms with Gasteiger partial charge in [0.25, 0.3) is 0 Å². The predicted molar refractivity (Wildman–Crippen MR) is 39.3 cm³/mol. The number of nitrogens with one attached hydrogen (secondary N) is 1. The van der Waals surface area contributed by atoms with Crippen LogP contribution >= 0.6 is 0 Å². The monoisotopic (exact) mass is 135 g/mol. The van der Waals surface area contributed by atoms with Crippen molar-refractivity contribution in [2.45, 2.75) is 0 Å². The molecule has 1 heterocycles. The van der Waals surface area contributed by atoms with Gasteiger partial charge in [0.2, 0.25) is 0 Å². The van der Waals surface area contributed by atoms with Gasteiger partial charge in [0.15, 0.2) is 5.88 Å². The molecule has 2 heteroatoms. The summed E-state index contributed by atoms with van der Waals surface area (Å²) in [6.07, 6.45) is 8.08. The van der Waals surface area contributed by atoms with Gasteiger partial charge in [0.1, 0.15) is 6.61 Å². The Balaban J connectivity index is 2.26. The van der Waals surface area contributed by atoms with Crippen LogP contribution in [0.5, 0.6) is 0 Å². The quantitative estimate of drug-likeness (QED) is 0.533. The number of hydrogen-bond acceptors (Lipinski definition) is 2. The lowest BCUT2D eigenvalue weighted by molar-refractivity contribution is 0.263.